The molecule has 30 heavy (non-hydrogen) atoms. The molecule has 3 rings (SSSR count). The van der Waals surface area contributed by atoms with E-state index in [4.69, 9.17) is 25.6 Å². The van der Waals surface area contributed by atoms with Gasteiger partial charge in [-0.15, -0.1) is 0 Å². The predicted octanol–water partition coefficient (Wildman–Crippen LogP) is 3.79. The van der Waals surface area contributed by atoms with Crippen LogP contribution in [0.15, 0.2) is 28.8 Å². The Kier molecular flexibility index (Phi) is 7.76. The Morgan fingerprint density at radius 2 is 2.03 bits per heavy atom. The number of aromatic nitrogens is 1. The zero-order valence-corrected chi connectivity index (χ0v) is 18.4. The molecule has 1 fully saturated rings. The SMILES string of the molecule is CCCOc1c(Cl)cc(/C=C/C(=O)N2CCN(Cc3cc(C)no3)CC2)cc1OC. The fraction of sp³-hybridized carbons (Fsp3) is 0.455. The first-order chi connectivity index (χ1) is 14.5. The van der Waals surface area contributed by atoms with Gasteiger partial charge in [-0.2, -0.15) is 0 Å². The van der Waals surface area contributed by atoms with E-state index in [1.54, 1.807) is 25.3 Å². The summed E-state index contributed by atoms with van der Waals surface area (Å²) < 4.78 is 16.3. The first-order valence-electron chi connectivity index (χ1n) is 10.1. The van der Waals surface area contributed by atoms with Crippen molar-refractivity contribution in [2.75, 3.05) is 39.9 Å². The average Bonchev–Trinajstić information content (AvgIpc) is 3.15. The standard InChI is InChI=1S/C22H28ClN3O4/c1-4-11-29-22-19(23)13-17(14-20(22)28-3)5-6-21(27)26-9-7-25(8-10-26)15-18-12-16(2)24-30-18/h5-6,12-14H,4,7-11,15H2,1-3H3/b6-5+. The van der Waals surface area contributed by atoms with E-state index in [0.717, 1.165) is 36.5 Å². The lowest BCUT2D eigenvalue weighted by Crippen LogP contribution is -2.47. The lowest BCUT2D eigenvalue weighted by Gasteiger charge is -2.33. The van der Waals surface area contributed by atoms with Crippen molar-refractivity contribution in [3.8, 4) is 11.5 Å². The molecule has 0 bridgehead atoms. The first kappa shape index (κ1) is 22.2. The van der Waals surface area contributed by atoms with Gasteiger partial charge in [0.2, 0.25) is 5.91 Å². The number of hydrogen-bond donors (Lipinski definition) is 0. The van der Waals surface area contributed by atoms with Crippen molar-refractivity contribution in [2.45, 2.75) is 26.8 Å². The highest BCUT2D eigenvalue weighted by molar-refractivity contribution is 6.32. The molecule has 1 amide bonds. The second kappa shape index (κ2) is 10.5. The lowest BCUT2D eigenvalue weighted by molar-refractivity contribution is -0.127. The molecule has 0 aliphatic carbocycles. The Morgan fingerprint density at radius 3 is 2.67 bits per heavy atom. The summed E-state index contributed by atoms with van der Waals surface area (Å²) in [5.41, 5.74) is 1.67. The van der Waals surface area contributed by atoms with Crippen molar-refractivity contribution in [3.05, 3.63) is 46.3 Å². The van der Waals surface area contributed by atoms with Gasteiger partial charge in [0, 0.05) is 38.3 Å². The number of benzene rings is 1. The van der Waals surface area contributed by atoms with Crippen molar-refractivity contribution in [1.29, 1.82) is 0 Å². The number of nitrogens with zero attached hydrogens (tertiary/aromatic N) is 3. The Morgan fingerprint density at radius 1 is 1.27 bits per heavy atom. The van der Waals surface area contributed by atoms with Gasteiger partial charge in [0.25, 0.3) is 0 Å². The first-order valence-corrected chi connectivity index (χ1v) is 10.5. The number of rotatable bonds is 8. The van der Waals surface area contributed by atoms with Gasteiger partial charge in [-0.05, 0) is 37.1 Å². The Bertz CT molecular complexity index is 889. The molecule has 8 heteroatoms. The van der Waals surface area contributed by atoms with E-state index < -0.39 is 0 Å². The zero-order chi connectivity index (χ0) is 21.5. The molecule has 1 aliphatic heterocycles. The number of halogens is 1. The molecule has 0 saturated carbocycles. The fourth-order valence-corrected chi connectivity index (χ4v) is 3.56. The minimum absolute atomic E-state index is 0.0217. The molecule has 0 atom stereocenters. The van der Waals surface area contributed by atoms with Gasteiger partial charge in [0.15, 0.2) is 17.3 Å². The van der Waals surface area contributed by atoms with Crippen molar-refractivity contribution < 1.29 is 18.8 Å². The van der Waals surface area contributed by atoms with E-state index in [1.165, 1.54) is 0 Å². The smallest absolute Gasteiger partial charge is 0.246 e. The van der Waals surface area contributed by atoms with Crippen LogP contribution in [0.5, 0.6) is 11.5 Å². The van der Waals surface area contributed by atoms with Crippen LogP contribution in [0.3, 0.4) is 0 Å². The van der Waals surface area contributed by atoms with Gasteiger partial charge in [-0.25, -0.2) is 0 Å². The maximum atomic E-state index is 12.6. The van der Waals surface area contributed by atoms with E-state index in [1.807, 2.05) is 30.9 Å². The van der Waals surface area contributed by atoms with Crippen LogP contribution in [0, 0.1) is 6.92 Å². The number of carbonyl (C=O) groups excluding carboxylic acids is 1. The van der Waals surface area contributed by atoms with E-state index in [2.05, 4.69) is 10.1 Å². The zero-order valence-electron chi connectivity index (χ0n) is 17.7. The van der Waals surface area contributed by atoms with Crippen LogP contribution in [0.25, 0.3) is 6.08 Å². The fourth-order valence-electron chi connectivity index (χ4n) is 3.29. The summed E-state index contributed by atoms with van der Waals surface area (Å²) in [5.74, 6) is 1.91. The van der Waals surface area contributed by atoms with Crippen LogP contribution in [-0.4, -0.2) is 60.8 Å². The van der Waals surface area contributed by atoms with Crippen molar-refractivity contribution in [3.63, 3.8) is 0 Å². The van der Waals surface area contributed by atoms with Crippen LogP contribution >= 0.6 is 11.6 Å². The Labute approximate surface area is 182 Å². The third-order valence-electron chi connectivity index (χ3n) is 4.86. The van der Waals surface area contributed by atoms with Gasteiger partial charge in [-0.3, -0.25) is 9.69 Å². The average molecular weight is 434 g/mol. The van der Waals surface area contributed by atoms with Crippen LogP contribution in [0.4, 0.5) is 0 Å². The highest BCUT2D eigenvalue weighted by Gasteiger charge is 2.20. The number of carbonyl (C=O) groups is 1. The molecule has 7 nitrogen and oxygen atoms in total. The molecular weight excluding hydrogens is 406 g/mol. The number of amides is 1. The second-order valence-electron chi connectivity index (χ2n) is 7.25. The molecule has 0 spiro atoms. The Hall–Kier alpha value is -2.51. The third kappa shape index (κ3) is 5.77. The molecule has 0 N–H and O–H groups in total. The summed E-state index contributed by atoms with van der Waals surface area (Å²) in [4.78, 5) is 16.7. The maximum Gasteiger partial charge on any atom is 0.246 e. The van der Waals surface area contributed by atoms with Crippen molar-refractivity contribution >= 4 is 23.6 Å². The predicted molar refractivity (Wildman–Crippen MR) is 116 cm³/mol. The third-order valence-corrected chi connectivity index (χ3v) is 5.14. The molecule has 0 unspecified atom stereocenters. The lowest BCUT2D eigenvalue weighted by atomic mass is 10.1. The van der Waals surface area contributed by atoms with Gasteiger partial charge < -0.3 is 18.9 Å². The van der Waals surface area contributed by atoms with E-state index in [9.17, 15) is 4.79 Å². The molecular formula is C22H28ClN3O4. The van der Waals surface area contributed by atoms with Gasteiger partial charge in [-0.1, -0.05) is 23.7 Å². The molecule has 2 heterocycles. The van der Waals surface area contributed by atoms with Crippen LogP contribution < -0.4 is 9.47 Å². The molecule has 0 radical (unpaired) electrons. The van der Waals surface area contributed by atoms with E-state index in [-0.39, 0.29) is 5.91 Å². The van der Waals surface area contributed by atoms with Crippen LogP contribution in [-0.2, 0) is 11.3 Å². The van der Waals surface area contributed by atoms with Gasteiger partial charge >= 0.3 is 0 Å². The molecule has 1 aromatic heterocycles. The molecule has 2 aromatic rings. The van der Waals surface area contributed by atoms with E-state index in [0.29, 0.717) is 42.8 Å². The number of ether oxygens (including phenoxy) is 2. The highest BCUT2D eigenvalue weighted by Crippen LogP contribution is 2.36. The summed E-state index contributed by atoms with van der Waals surface area (Å²) in [7, 11) is 1.57. The number of hydrogen-bond acceptors (Lipinski definition) is 6. The molecule has 1 aliphatic rings. The second-order valence-corrected chi connectivity index (χ2v) is 7.66. The topological polar surface area (TPSA) is 68.0 Å². The number of methoxy groups -OCH3 is 1. The highest BCUT2D eigenvalue weighted by atomic mass is 35.5. The van der Waals surface area contributed by atoms with Gasteiger partial charge in [0.1, 0.15) is 0 Å². The summed E-state index contributed by atoms with van der Waals surface area (Å²) in [6, 6.07) is 5.53. The van der Waals surface area contributed by atoms with E-state index >= 15 is 0 Å². The van der Waals surface area contributed by atoms with Crippen molar-refractivity contribution in [1.82, 2.24) is 15.0 Å². The van der Waals surface area contributed by atoms with Gasteiger partial charge in [0.05, 0.1) is 31.0 Å². The molecule has 162 valence electrons. The largest absolute Gasteiger partial charge is 0.493 e. The summed E-state index contributed by atoms with van der Waals surface area (Å²) >= 11 is 6.35. The summed E-state index contributed by atoms with van der Waals surface area (Å²) in [5, 5.41) is 4.38. The monoisotopic (exact) mass is 433 g/mol. The van der Waals surface area contributed by atoms with Crippen molar-refractivity contribution in [2.24, 2.45) is 0 Å². The minimum atomic E-state index is -0.0217. The number of piperazine rings is 1. The maximum absolute atomic E-state index is 12.6. The number of aryl methyl sites for hydroxylation is 1. The summed E-state index contributed by atoms with van der Waals surface area (Å²) in [6.45, 7) is 8.14. The normalized spacial score (nSPS) is 15.0. The summed E-state index contributed by atoms with van der Waals surface area (Å²) in [6.07, 6.45) is 4.21. The molecule has 1 aromatic carbocycles. The minimum Gasteiger partial charge on any atom is -0.493 e. The Balaban J connectivity index is 1.56. The quantitative estimate of drug-likeness (QED) is 0.590. The van der Waals surface area contributed by atoms with Crippen LogP contribution in [0.2, 0.25) is 5.02 Å². The molecule has 1 saturated heterocycles. The van der Waals surface area contributed by atoms with Crippen LogP contribution in [0.1, 0.15) is 30.4 Å².